The largest absolute Gasteiger partial charge is 0.255 e. The monoisotopic (exact) mass is 216 g/mol. The van der Waals surface area contributed by atoms with E-state index in [1.807, 2.05) is 6.07 Å². The number of rotatable bonds is 1. The Labute approximate surface area is 90.8 Å². The van der Waals surface area contributed by atoms with Crippen molar-refractivity contribution in [2.75, 3.05) is 0 Å². The smallest absolute Gasteiger partial charge is 0.159 e. The molecule has 1 aromatic carbocycles. The Bertz CT molecular complexity index is 556. The normalized spacial score (nSPS) is 9.81. The van der Waals surface area contributed by atoms with Gasteiger partial charge < -0.3 is 0 Å². The van der Waals surface area contributed by atoms with Crippen molar-refractivity contribution in [3.8, 4) is 17.3 Å². The molecule has 0 bridgehead atoms. The van der Waals surface area contributed by atoms with Crippen LogP contribution in [0.4, 0.5) is 8.78 Å². The molecule has 0 N–H and O–H groups in total. The molecule has 0 saturated heterocycles. The highest BCUT2D eigenvalue weighted by Gasteiger charge is 2.05. The number of hydrogen-bond donors (Lipinski definition) is 0. The number of nitriles is 1. The van der Waals surface area contributed by atoms with Crippen LogP contribution in [0.15, 0.2) is 36.5 Å². The third kappa shape index (κ3) is 1.89. The minimum Gasteiger partial charge on any atom is -0.255 e. The lowest BCUT2D eigenvalue weighted by Crippen LogP contribution is -1.88. The number of hydrogen-bond acceptors (Lipinski definition) is 2. The van der Waals surface area contributed by atoms with Crippen LogP contribution in [0, 0.1) is 23.0 Å². The lowest BCUT2D eigenvalue weighted by atomic mass is 10.1. The summed E-state index contributed by atoms with van der Waals surface area (Å²) in [6.07, 6.45) is 1.39. The fourth-order valence-corrected chi connectivity index (χ4v) is 1.29. The van der Waals surface area contributed by atoms with Crippen LogP contribution in [0.25, 0.3) is 11.3 Å². The molecule has 78 valence electrons. The molecule has 0 aliphatic rings. The zero-order chi connectivity index (χ0) is 11.5. The molecule has 0 atom stereocenters. The average molecular weight is 216 g/mol. The lowest BCUT2D eigenvalue weighted by molar-refractivity contribution is 0.509. The van der Waals surface area contributed by atoms with Gasteiger partial charge in [0, 0.05) is 11.8 Å². The molecule has 0 aliphatic carbocycles. The van der Waals surface area contributed by atoms with Crippen LogP contribution < -0.4 is 0 Å². The van der Waals surface area contributed by atoms with Crippen molar-refractivity contribution in [2.24, 2.45) is 0 Å². The number of nitrogens with zero attached hydrogens (tertiary/aromatic N) is 2. The number of benzene rings is 1. The molecule has 0 amide bonds. The molecule has 4 heteroatoms. The summed E-state index contributed by atoms with van der Waals surface area (Å²) in [5, 5.41) is 8.58. The third-order valence-corrected chi connectivity index (χ3v) is 2.11. The van der Waals surface area contributed by atoms with Gasteiger partial charge in [-0.2, -0.15) is 5.26 Å². The van der Waals surface area contributed by atoms with Gasteiger partial charge in [0.05, 0.1) is 11.3 Å². The summed E-state index contributed by atoms with van der Waals surface area (Å²) >= 11 is 0. The Kier molecular flexibility index (Phi) is 2.61. The lowest BCUT2D eigenvalue weighted by Gasteiger charge is -2.01. The van der Waals surface area contributed by atoms with Crippen LogP contribution in [0.1, 0.15) is 5.56 Å². The summed E-state index contributed by atoms with van der Waals surface area (Å²) < 4.78 is 25.6. The summed E-state index contributed by atoms with van der Waals surface area (Å²) in [6.45, 7) is 0. The van der Waals surface area contributed by atoms with Crippen LogP contribution in [-0.2, 0) is 0 Å². The summed E-state index contributed by atoms with van der Waals surface area (Å²) in [5.41, 5.74) is 1.40. The Hall–Kier alpha value is -2.28. The van der Waals surface area contributed by atoms with Gasteiger partial charge >= 0.3 is 0 Å². The predicted octanol–water partition coefficient (Wildman–Crippen LogP) is 2.90. The summed E-state index contributed by atoms with van der Waals surface area (Å²) in [7, 11) is 0. The quantitative estimate of drug-likeness (QED) is 0.734. The second-order valence-corrected chi connectivity index (χ2v) is 3.17. The first-order valence-corrected chi connectivity index (χ1v) is 4.52. The van der Waals surface area contributed by atoms with E-state index < -0.39 is 11.6 Å². The van der Waals surface area contributed by atoms with Gasteiger partial charge in [0.2, 0.25) is 0 Å². The Morgan fingerprint density at radius 1 is 1.06 bits per heavy atom. The first kappa shape index (κ1) is 10.2. The Balaban J connectivity index is 2.43. The maximum Gasteiger partial charge on any atom is 0.159 e. The summed E-state index contributed by atoms with van der Waals surface area (Å²) in [6, 6.07) is 8.65. The molecule has 0 radical (unpaired) electrons. The van der Waals surface area contributed by atoms with Gasteiger partial charge in [-0.25, -0.2) is 8.78 Å². The highest BCUT2D eigenvalue weighted by molar-refractivity contribution is 5.59. The molecule has 0 aliphatic heterocycles. The maximum absolute atomic E-state index is 13.0. The average Bonchev–Trinajstić information content (AvgIpc) is 2.33. The van der Waals surface area contributed by atoms with E-state index in [-0.39, 0.29) is 0 Å². The molecule has 0 fully saturated rings. The number of aromatic nitrogens is 1. The molecule has 0 saturated carbocycles. The molecule has 2 nitrogen and oxygen atoms in total. The molecule has 0 spiro atoms. The van der Waals surface area contributed by atoms with E-state index in [9.17, 15) is 8.78 Å². The molecule has 0 unspecified atom stereocenters. The van der Waals surface area contributed by atoms with E-state index in [4.69, 9.17) is 5.26 Å². The molecular formula is C12H6F2N2. The van der Waals surface area contributed by atoms with Gasteiger partial charge in [0.1, 0.15) is 6.07 Å². The zero-order valence-corrected chi connectivity index (χ0v) is 8.11. The van der Waals surface area contributed by atoms with Gasteiger partial charge in [0.25, 0.3) is 0 Å². The van der Waals surface area contributed by atoms with Crippen LogP contribution in [-0.4, -0.2) is 4.98 Å². The van der Waals surface area contributed by atoms with E-state index >= 15 is 0 Å². The van der Waals surface area contributed by atoms with Crippen LogP contribution in [0.3, 0.4) is 0 Å². The summed E-state index contributed by atoms with van der Waals surface area (Å²) in [5.74, 6) is -1.80. The second kappa shape index (κ2) is 4.07. The molecule has 2 aromatic rings. The highest BCUT2D eigenvalue weighted by Crippen LogP contribution is 2.19. The van der Waals surface area contributed by atoms with Crippen molar-refractivity contribution in [3.05, 3.63) is 53.7 Å². The van der Waals surface area contributed by atoms with Gasteiger partial charge in [0.15, 0.2) is 11.6 Å². The molecule has 2 rings (SSSR count). The fourth-order valence-electron chi connectivity index (χ4n) is 1.29. The van der Waals surface area contributed by atoms with E-state index in [0.29, 0.717) is 16.8 Å². The minimum absolute atomic E-state index is 0.423. The van der Waals surface area contributed by atoms with Crippen LogP contribution >= 0.6 is 0 Å². The van der Waals surface area contributed by atoms with Gasteiger partial charge in [-0.3, -0.25) is 4.98 Å². The first-order chi connectivity index (χ1) is 7.70. The topological polar surface area (TPSA) is 36.7 Å². The van der Waals surface area contributed by atoms with E-state index in [1.165, 1.54) is 12.3 Å². The molecular weight excluding hydrogens is 210 g/mol. The predicted molar refractivity (Wildman–Crippen MR) is 54.3 cm³/mol. The standard InChI is InChI=1S/C12H6F2N2/c13-10-3-2-9(5-11(10)14)12-4-1-8(6-15)7-16-12/h1-5,7H. The van der Waals surface area contributed by atoms with Crippen LogP contribution in [0.2, 0.25) is 0 Å². The van der Waals surface area contributed by atoms with E-state index in [0.717, 1.165) is 12.1 Å². The fraction of sp³-hybridized carbons (Fsp3) is 0. The molecule has 1 aromatic heterocycles. The third-order valence-electron chi connectivity index (χ3n) is 2.11. The maximum atomic E-state index is 13.0. The number of pyridine rings is 1. The Morgan fingerprint density at radius 3 is 2.44 bits per heavy atom. The number of halogens is 2. The SMILES string of the molecule is N#Cc1ccc(-c2ccc(F)c(F)c2)nc1. The van der Waals surface area contributed by atoms with Crippen molar-refractivity contribution in [1.29, 1.82) is 5.26 Å². The zero-order valence-electron chi connectivity index (χ0n) is 8.11. The van der Waals surface area contributed by atoms with Crippen molar-refractivity contribution in [2.45, 2.75) is 0 Å². The van der Waals surface area contributed by atoms with E-state index in [2.05, 4.69) is 4.98 Å². The highest BCUT2D eigenvalue weighted by atomic mass is 19.2. The van der Waals surface area contributed by atoms with Gasteiger partial charge in [-0.05, 0) is 30.3 Å². The van der Waals surface area contributed by atoms with Crippen LogP contribution in [0.5, 0.6) is 0 Å². The minimum atomic E-state index is -0.913. The van der Waals surface area contributed by atoms with Gasteiger partial charge in [-0.15, -0.1) is 0 Å². The van der Waals surface area contributed by atoms with Crippen molar-refractivity contribution >= 4 is 0 Å². The van der Waals surface area contributed by atoms with Crippen molar-refractivity contribution < 1.29 is 8.78 Å². The molecule has 16 heavy (non-hydrogen) atoms. The van der Waals surface area contributed by atoms with Crippen molar-refractivity contribution in [1.82, 2.24) is 4.98 Å². The first-order valence-electron chi connectivity index (χ1n) is 4.52. The molecule has 1 heterocycles. The van der Waals surface area contributed by atoms with Crippen molar-refractivity contribution in [3.63, 3.8) is 0 Å². The summed E-state index contributed by atoms with van der Waals surface area (Å²) in [4.78, 5) is 3.98. The Morgan fingerprint density at radius 2 is 1.88 bits per heavy atom. The van der Waals surface area contributed by atoms with E-state index in [1.54, 1.807) is 12.1 Å². The van der Waals surface area contributed by atoms with Gasteiger partial charge in [-0.1, -0.05) is 0 Å². The second-order valence-electron chi connectivity index (χ2n) is 3.17.